The van der Waals surface area contributed by atoms with E-state index in [0.29, 0.717) is 28.7 Å². The van der Waals surface area contributed by atoms with E-state index in [9.17, 15) is 4.39 Å². The highest BCUT2D eigenvalue weighted by atomic mass is 35.5. The molecule has 0 bridgehead atoms. The van der Waals surface area contributed by atoms with Gasteiger partial charge in [-0.05, 0) is 31.2 Å². The van der Waals surface area contributed by atoms with Crippen molar-refractivity contribution in [1.29, 1.82) is 0 Å². The van der Waals surface area contributed by atoms with Crippen molar-refractivity contribution < 1.29 is 8.81 Å². The van der Waals surface area contributed by atoms with Crippen LogP contribution in [0.2, 0.25) is 5.02 Å². The molecule has 0 amide bonds. The molecular weight excluding hydrogens is 267 g/mol. The van der Waals surface area contributed by atoms with Crippen LogP contribution in [0.25, 0.3) is 11.3 Å². The molecule has 0 aliphatic rings. The summed E-state index contributed by atoms with van der Waals surface area (Å²) in [6.07, 6.45) is 3.32. The van der Waals surface area contributed by atoms with Crippen molar-refractivity contribution >= 4 is 11.6 Å². The van der Waals surface area contributed by atoms with Crippen LogP contribution in [0.1, 0.15) is 19.2 Å². The fourth-order valence-electron chi connectivity index (χ4n) is 1.74. The van der Waals surface area contributed by atoms with Gasteiger partial charge in [0.1, 0.15) is 5.82 Å². The third-order valence-electron chi connectivity index (χ3n) is 2.69. The van der Waals surface area contributed by atoms with Crippen molar-refractivity contribution in [2.75, 3.05) is 13.1 Å². The van der Waals surface area contributed by atoms with Crippen LogP contribution in [0.5, 0.6) is 0 Å². The Bertz CT molecular complexity index is 542. The van der Waals surface area contributed by atoms with Gasteiger partial charge in [0.2, 0.25) is 0 Å². The Kier molecular flexibility index (Phi) is 4.93. The largest absolute Gasteiger partial charge is 0.441 e. The number of hydrogen-bond donors (Lipinski definition) is 1. The summed E-state index contributed by atoms with van der Waals surface area (Å²) in [7, 11) is 0. The van der Waals surface area contributed by atoms with E-state index in [2.05, 4.69) is 17.2 Å². The molecule has 19 heavy (non-hydrogen) atoms. The first-order valence-corrected chi connectivity index (χ1v) is 6.69. The Balaban J connectivity index is 2.04. The Morgan fingerprint density at radius 1 is 1.37 bits per heavy atom. The highest BCUT2D eigenvalue weighted by Gasteiger charge is 2.11. The van der Waals surface area contributed by atoms with Crippen molar-refractivity contribution in [3.63, 3.8) is 0 Å². The average molecular weight is 283 g/mol. The van der Waals surface area contributed by atoms with Gasteiger partial charge >= 0.3 is 0 Å². The maximum absolute atomic E-state index is 13.7. The summed E-state index contributed by atoms with van der Waals surface area (Å²) in [5.41, 5.74) is 0.379. The van der Waals surface area contributed by atoms with E-state index in [1.54, 1.807) is 18.3 Å². The molecule has 2 rings (SSSR count). The molecule has 5 heteroatoms. The summed E-state index contributed by atoms with van der Waals surface area (Å²) in [5, 5.41) is 3.63. The Morgan fingerprint density at radius 3 is 2.95 bits per heavy atom. The smallest absolute Gasteiger partial charge is 0.196 e. The summed E-state index contributed by atoms with van der Waals surface area (Å²) < 4.78 is 19.2. The van der Waals surface area contributed by atoms with Crippen LogP contribution in [0.4, 0.5) is 4.39 Å². The molecule has 0 aliphatic heterocycles. The number of halogens is 2. The average Bonchev–Trinajstić information content (AvgIpc) is 2.83. The second-order valence-electron chi connectivity index (χ2n) is 4.24. The van der Waals surface area contributed by atoms with E-state index in [1.807, 2.05) is 0 Å². The number of nitrogens with one attached hydrogen (secondary N) is 1. The Labute approximate surface area is 116 Å². The lowest BCUT2D eigenvalue weighted by Gasteiger charge is -2.00. The quantitative estimate of drug-likeness (QED) is 0.822. The topological polar surface area (TPSA) is 38.1 Å². The van der Waals surface area contributed by atoms with E-state index in [-0.39, 0.29) is 0 Å². The van der Waals surface area contributed by atoms with Crippen LogP contribution in [0, 0.1) is 5.82 Å². The fraction of sp³-hybridized carbons (Fsp3) is 0.357. The normalized spacial score (nSPS) is 10.9. The number of aromatic nitrogens is 1. The second-order valence-corrected chi connectivity index (χ2v) is 4.68. The molecule has 3 nitrogen and oxygen atoms in total. The minimum absolute atomic E-state index is 0.366. The monoisotopic (exact) mass is 282 g/mol. The second kappa shape index (κ2) is 6.68. The summed E-state index contributed by atoms with van der Waals surface area (Å²) >= 11 is 5.71. The van der Waals surface area contributed by atoms with E-state index >= 15 is 0 Å². The molecule has 0 spiro atoms. The van der Waals surface area contributed by atoms with Gasteiger partial charge < -0.3 is 9.73 Å². The molecule has 1 aromatic carbocycles. The summed E-state index contributed by atoms with van der Waals surface area (Å²) in [6, 6.07) is 4.49. The summed E-state index contributed by atoms with van der Waals surface area (Å²) in [4.78, 5) is 4.15. The minimum atomic E-state index is -0.403. The van der Waals surface area contributed by atoms with Gasteiger partial charge in [-0.1, -0.05) is 18.5 Å². The predicted octanol–water partition coefficient (Wildman–Crippen LogP) is 3.68. The number of benzene rings is 1. The van der Waals surface area contributed by atoms with Gasteiger partial charge in [0.15, 0.2) is 11.7 Å². The zero-order valence-electron chi connectivity index (χ0n) is 10.7. The molecule has 102 valence electrons. The van der Waals surface area contributed by atoms with Crippen molar-refractivity contribution in [3.05, 3.63) is 41.1 Å². The highest BCUT2D eigenvalue weighted by molar-refractivity contribution is 6.30. The van der Waals surface area contributed by atoms with Crippen LogP contribution in [-0.4, -0.2) is 18.1 Å². The van der Waals surface area contributed by atoms with Gasteiger partial charge in [-0.15, -0.1) is 0 Å². The minimum Gasteiger partial charge on any atom is -0.441 e. The SMILES string of the molecule is CCCNCCc1ncc(-c2ccc(Cl)cc2F)o1. The predicted molar refractivity (Wildman–Crippen MR) is 73.8 cm³/mol. The van der Waals surface area contributed by atoms with Crippen molar-refractivity contribution in [2.24, 2.45) is 0 Å². The number of rotatable bonds is 6. The third-order valence-corrected chi connectivity index (χ3v) is 2.93. The molecule has 0 atom stereocenters. The zero-order valence-corrected chi connectivity index (χ0v) is 11.5. The first-order valence-electron chi connectivity index (χ1n) is 6.31. The van der Waals surface area contributed by atoms with Gasteiger partial charge in [0.25, 0.3) is 0 Å². The van der Waals surface area contributed by atoms with Gasteiger partial charge in [0.05, 0.1) is 11.8 Å². The van der Waals surface area contributed by atoms with Gasteiger partial charge in [-0.25, -0.2) is 9.37 Å². The van der Waals surface area contributed by atoms with Crippen molar-refractivity contribution in [3.8, 4) is 11.3 Å². The molecule has 1 N–H and O–H groups in total. The lowest BCUT2D eigenvalue weighted by atomic mass is 10.2. The van der Waals surface area contributed by atoms with Crippen molar-refractivity contribution in [2.45, 2.75) is 19.8 Å². The third kappa shape index (κ3) is 3.78. The molecule has 0 aliphatic carbocycles. The summed E-state index contributed by atoms with van der Waals surface area (Å²) in [6.45, 7) is 3.88. The maximum atomic E-state index is 13.7. The lowest BCUT2D eigenvalue weighted by Crippen LogP contribution is -2.17. The molecule has 1 heterocycles. The van der Waals surface area contributed by atoms with E-state index < -0.39 is 5.82 Å². The number of nitrogens with zero attached hydrogens (tertiary/aromatic N) is 1. The molecule has 0 saturated heterocycles. The van der Waals surface area contributed by atoms with Crippen LogP contribution in [0.15, 0.2) is 28.8 Å². The molecule has 0 saturated carbocycles. The molecule has 0 radical (unpaired) electrons. The number of oxazole rings is 1. The maximum Gasteiger partial charge on any atom is 0.196 e. The van der Waals surface area contributed by atoms with Crippen LogP contribution >= 0.6 is 11.6 Å². The lowest BCUT2D eigenvalue weighted by molar-refractivity contribution is 0.492. The zero-order chi connectivity index (χ0) is 13.7. The first-order chi connectivity index (χ1) is 9.20. The molecule has 0 fully saturated rings. The Morgan fingerprint density at radius 2 is 2.21 bits per heavy atom. The van der Waals surface area contributed by atoms with Crippen LogP contribution in [0.3, 0.4) is 0 Å². The van der Waals surface area contributed by atoms with Gasteiger partial charge in [-0.3, -0.25) is 0 Å². The highest BCUT2D eigenvalue weighted by Crippen LogP contribution is 2.25. The van der Waals surface area contributed by atoms with Crippen molar-refractivity contribution in [1.82, 2.24) is 10.3 Å². The van der Waals surface area contributed by atoms with E-state index in [1.165, 1.54) is 6.07 Å². The molecular formula is C14H16ClFN2O. The van der Waals surface area contributed by atoms with E-state index in [0.717, 1.165) is 19.5 Å². The molecule has 0 unspecified atom stereocenters. The molecule has 1 aromatic heterocycles. The first kappa shape index (κ1) is 14.0. The van der Waals surface area contributed by atoms with Crippen LogP contribution in [-0.2, 0) is 6.42 Å². The summed E-state index contributed by atoms with van der Waals surface area (Å²) in [5.74, 6) is 0.631. The number of hydrogen-bond acceptors (Lipinski definition) is 3. The Hall–Kier alpha value is -1.39. The molecule has 2 aromatic rings. The van der Waals surface area contributed by atoms with Crippen LogP contribution < -0.4 is 5.32 Å². The van der Waals surface area contributed by atoms with Gasteiger partial charge in [0, 0.05) is 18.0 Å². The van der Waals surface area contributed by atoms with Gasteiger partial charge in [-0.2, -0.15) is 0 Å². The van der Waals surface area contributed by atoms with E-state index in [4.69, 9.17) is 16.0 Å². The fourth-order valence-corrected chi connectivity index (χ4v) is 1.90. The standard InChI is InChI=1S/C14H16ClFN2O/c1-2-6-17-7-5-14-18-9-13(19-14)11-4-3-10(15)8-12(11)16/h3-4,8-9,17H,2,5-7H2,1H3.